The molecule has 0 spiro atoms. The highest BCUT2D eigenvalue weighted by Gasteiger charge is 2.21. The molecule has 1 aliphatic rings. The van der Waals surface area contributed by atoms with Crippen LogP contribution < -0.4 is 9.47 Å². The molecule has 2 aromatic carbocycles. The van der Waals surface area contributed by atoms with Crippen LogP contribution in [0, 0.1) is 0 Å². The van der Waals surface area contributed by atoms with E-state index in [0.717, 1.165) is 17.5 Å². The van der Waals surface area contributed by atoms with E-state index in [1.807, 2.05) is 24.3 Å². The van der Waals surface area contributed by atoms with E-state index in [1.54, 1.807) is 18.2 Å². The van der Waals surface area contributed by atoms with E-state index < -0.39 is 6.61 Å². The van der Waals surface area contributed by atoms with Gasteiger partial charge in [0.2, 0.25) is 0 Å². The lowest BCUT2D eigenvalue weighted by Crippen LogP contribution is -2.13. The SMILES string of the molecule is COc1cc(/C=C2\CCc3ccccc3C2=O)ccc1OC(F)F. The van der Waals surface area contributed by atoms with Gasteiger partial charge in [0.05, 0.1) is 7.11 Å². The van der Waals surface area contributed by atoms with Crippen molar-refractivity contribution in [2.75, 3.05) is 7.11 Å². The Kier molecular flexibility index (Phi) is 4.60. The topological polar surface area (TPSA) is 35.5 Å². The molecule has 0 radical (unpaired) electrons. The van der Waals surface area contributed by atoms with Crippen LogP contribution in [0.3, 0.4) is 0 Å². The van der Waals surface area contributed by atoms with Crippen LogP contribution in [0.1, 0.15) is 27.9 Å². The van der Waals surface area contributed by atoms with Gasteiger partial charge in [0.25, 0.3) is 0 Å². The number of benzene rings is 2. The standard InChI is InChI=1S/C19H16F2O3/c1-23-17-11-12(6-9-16(17)24-19(20)21)10-14-8-7-13-4-2-3-5-15(13)18(14)22/h2-6,9-11,19H,7-8H2,1H3/b14-10+. The van der Waals surface area contributed by atoms with E-state index in [9.17, 15) is 13.6 Å². The number of fused-ring (bicyclic) bond motifs is 1. The van der Waals surface area contributed by atoms with Crippen molar-refractivity contribution in [2.24, 2.45) is 0 Å². The number of alkyl halides is 2. The molecule has 0 saturated heterocycles. The van der Waals surface area contributed by atoms with Crippen molar-refractivity contribution in [1.82, 2.24) is 0 Å². The van der Waals surface area contributed by atoms with Crippen molar-refractivity contribution in [3.05, 3.63) is 64.7 Å². The van der Waals surface area contributed by atoms with Crippen LogP contribution in [-0.2, 0) is 6.42 Å². The van der Waals surface area contributed by atoms with Crippen molar-refractivity contribution in [1.29, 1.82) is 0 Å². The Morgan fingerprint density at radius 1 is 1.08 bits per heavy atom. The van der Waals surface area contributed by atoms with E-state index in [4.69, 9.17) is 4.74 Å². The smallest absolute Gasteiger partial charge is 0.387 e. The highest BCUT2D eigenvalue weighted by Crippen LogP contribution is 2.32. The first-order chi connectivity index (χ1) is 11.6. The summed E-state index contributed by atoms with van der Waals surface area (Å²) in [6.07, 6.45) is 3.22. The van der Waals surface area contributed by atoms with Crippen molar-refractivity contribution >= 4 is 11.9 Å². The van der Waals surface area contributed by atoms with E-state index in [-0.39, 0.29) is 17.3 Å². The molecular formula is C19H16F2O3. The van der Waals surface area contributed by atoms with Gasteiger partial charge in [-0.05, 0) is 42.2 Å². The molecule has 5 heteroatoms. The molecule has 0 heterocycles. The molecular weight excluding hydrogens is 314 g/mol. The number of halogens is 2. The number of hydrogen-bond acceptors (Lipinski definition) is 3. The first-order valence-electron chi connectivity index (χ1n) is 7.54. The van der Waals surface area contributed by atoms with Gasteiger partial charge in [0.15, 0.2) is 17.3 Å². The summed E-state index contributed by atoms with van der Waals surface area (Å²) < 4.78 is 34.2. The third-order valence-corrected chi connectivity index (χ3v) is 3.96. The molecule has 3 nitrogen and oxygen atoms in total. The minimum atomic E-state index is -2.92. The zero-order valence-corrected chi connectivity index (χ0v) is 13.1. The van der Waals surface area contributed by atoms with Gasteiger partial charge in [-0.3, -0.25) is 4.79 Å². The van der Waals surface area contributed by atoms with Crippen molar-refractivity contribution < 1.29 is 23.0 Å². The molecule has 3 rings (SSSR count). The lowest BCUT2D eigenvalue weighted by molar-refractivity contribution is -0.0512. The molecule has 0 N–H and O–H groups in total. The minimum Gasteiger partial charge on any atom is -0.493 e. The highest BCUT2D eigenvalue weighted by atomic mass is 19.3. The first-order valence-corrected chi connectivity index (χ1v) is 7.54. The van der Waals surface area contributed by atoms with E-state index in [1.165, 1.54) is 13.2 Å². The Balaban J connectivity index is 1.90. The second-order valence-corrected chi connectivity index (χ2v) is 5.44. The summed E-state index contributed by atoms with van der Waals surface area (Å²) in [4.78, 5) is 12.6. The second kappa shape index (κ2) is 6.83. The average molecular weight is 330 g/mol. The predicted molar refractivity (Wildman–Crippen MR) is 86.7 cm³/mol. The van der Waals surface area contributed by atoms with E-state index in [2.05, 4.69) is 4.74 Å². The maximum absolute atomic E-state index is 12.6. The van der Waals surface area contributed by atoms with Crippen molar-refractivity contribution in [3.8, 4) is 11.5 Å². The van der Waals surface area contributed by atoms with Crippen LogP contribution in [0.5, 0.6) is 11.5 Å². The van der Waals surface area contributed by atoms with Crippen LogP contribution in [0.2, 0.25) is 0 Å². The summed E-state index contributed by atoms with van der Waals surface area (Å²) in [5, 5.41) is 0. The zero-order chi connectivity index (χ0) is 17.1. The van der Waals surface area contributed by atoms with Gasteiger partial charge in [-0.15, -0.1) is 0 Å². The predicted octanol–water partition coefficient (Wildman–Crippen LogP) is 4.51. The molecule has 1 aliphatic carbocycles. The normalized spacial score (nSPS) is 15.5. The molecule has 0 bridgehead atoms. The first kappa shape index (κ1) is 16.2. The number of carbonyl (C=O) groups is 1. The van der Waals surface area contributed by atoms with Crippen LogP contribution >= 0.6 is 0 Å². The van der Waals surface area contributed by atoms with Crippen LogP contribution in [0.25, 0.3) is 6.08 Å². The molecule has 0 saturated carbocycles. The fraction of sp³-hybridized carbons (Fsp3) is 0.211. The molecule has 24 heavy (non-hydrogen) atoms. The van der Waals surface area contributed by atoms with Gasteiger partial charge in [-0.1, -0.05) is 30.3 Å². The van der Waals surface area contributed by atoms with Crippen molar-refractivity contribution in [3.63, 3.8) is 0 Å². The third-order valence-electron chi connectivity index (χ3n) is 3.96. The summed E-state index contributed by atoms with van der Waals surface area (Å²) in [5.41, 5.74) is 3.17. The van der Waals surface area contributed by atoms with E-state index in [0.29, 0.717) is 17.6 Å². The molecule has 0 aliphatic heterocycles. The molecule has 0 fully saturated rings. The molecule has 0 atom stereocenters. The summed E-state index contributed by atoms with van der Waals surface area (Å²) in [5.74, 6) is 0.173. The summed E-state index contributed by atoms with van der Waals surface area (Å²) >= 11 is 0. The Morgan fingerprint density at radius 2 is 1.88 bits per heavy atom. The number of hydrogen-bond donors (Lipinski definition) is 0. The number of carbonyl (C=O) groups excluding carboxylic acids is 1. The number of rotatable bonds is 4. The quantitative estimate of drug-likeness (QED) is 0.774. The number of methoxy groups -OCH3 is 1. The Morgan fingerprint density at radius 3 is 2.62 bits per heavy atom. The fourth-order valence-electron chi connectivity index (χ4n) is 2.82. The van der Waals surface area contributed by atoms with E-state index >= 15 is 0 Å². The van der Waals surface area contributed by atoms with Crippen LogP contribution in [0.4, 0.5) is 8.78 Å². The number of Topliss-reactive ketones (excluding diaryl/α,β-unsaturated/α-hetero) is 1. The zero-order valence-electron chi connectivity index (χ0n) is 13.1. The Bertz CT molecular complexity index is 797. The maximum Gasteiger partial charge on any atom is 0.387 e. The minimum absolute atomic E-state index is 0.00345. The number of aryl methyl sites for hydroxylation is 1. The number of ketones is 1. The fourth-order valence-corrected chi connectivity index (χ4v) is 2.82. The summed E-state index contributed by atoms with van der Waals surface area (Å²) in [6.45, 7) is -2.92. The largest absolute Gasteiger partial charge is 0.493 e. The van der Waals surface area contributed by atoms with Gasteiger partial charge in [-0.25, -0.2) is 0 Å². The second-order valence-electron chi connectivity index (χ2n) is 5.44. The lowest BCUT2D eigenvalue weighted by Gasteiger charge is -2.17. The Hall–Kier alpha value is -2.69. The molecule has 0 aromatic heterocycles. The lowest BCUT2D eigenvalue weighted by atomic mass is 9.86. The molecule has 0 amide bonds. The molecule has 124 valence electrons. The van der Waals surface area contributed by atoms with Gasteiger partial charge in [0.1, 0.15) is 0 Å². The number of ether oxygens (including phenoxy) is 2. The van der Waals surface area contributed by atoms with Gasteiger partial charge in [0, 0.05) is 11.1 Å². The van der Waals surface area contributed by atoms with Crippen LogP contribution in [0.15, 0.2) is 48.0 Å². The van der Waals surface area contributed by atoms with Gasteiger partial charge < -0.3 is 9.47 Å². The summed E-state index contributed by atoms with van der Waals surface area (Å²) in [7, 11) is 1.38. The summed E-state index contributed by atoms with van der Waals surface area (Å²) in [6, 6.07) is 12.2. The van der Waals surface area contributed by atoms with Crippen LogP contribution in [-0.4, -0.2) is 19.5 Å². The highest BCUT2D eigenvalue weighted by molar-refractivity contribution is 6.13. The van der Waals surface area contributed by atoms with Gasteiger partial charge in [-0.2, -0.15) is 8.78 Å². The maximum atomic E-state index is 12.6. The van der Waals surface area contributed by atoms with Gasteiger partial charge >= 0.3 is 6.61 Å². The monoisotopic (exact) mass is 330 g/mol. The van der Waals surface area contributed by atoms with Crippen molar-refractivity contribution in [2.45, 2.75) is 19.5 Å². The third kappa shape index (κ3) is 3.30. The average Bonchev–Trinajstić information content (AvgIpc) is 2.58. The number of allylic oxidation sites excluding steroid dienone is 1. The molecule has 2 aromatic rings. The molecule has 0 unspecified atom stereocenters. The Labute approximate surface area is 138 Å².